The molecule has 120 valence electrons. The molecule has 0 aliphatic heterocycles. The van der Waals surface area contributed by atoms with Gasteiger partial charge >= 0.3 is 0 Å². The minimum absolute atomic E-state index is 0.501. The van der Waals surface area contributed by atoms with Gasteiger partial charge in [0.15, 0.2) is 0 Å². The van der Waals surface area contributed by atoms with Crippen LogP contribution in [0.2, 0.25) is 0 Å². The van der Waals surface area contributed by atoms with Gasteiger partial charge in [-0.3, -0.25) is 0 Å². The van der Waals surface area contributed by atoms with Crippen LogP contribution in [0.4, 0.5) is 0 Å². The molecule has 1 aliphatic carbocycles. The van der Waals surface area contributed by atoms with E-state index in [1.165, 1.54) is 35.6 Å². The summed E-state index contributed by atoms with van der Waals surface area (Å²) in [5.74, 6) is 0.659. The lowest BCUT2D eigenvalue weighted by Crippen LogP contribution is -2.21. The minimum atomic E-state index is 0.501. The number of methoxy groups -OCH3 is 1. The number of ether oxygens (including phenoxy) is 1. The van der Waals surface area contributed by atoms with Gasteiger partial charge in [-0.2, -0.15) is 0 Å². The second-order valence-electron chi connectivity index (χ2n) is 7.33. The summed E-state index contributed by atoms with van der Waals surface area (Å²) in [7, 11) is 1.75. The number of hydrogen-bond acceptors (Lipinski definition) is 4. The molecule has 1 aromatic rings. The maximum absolute atomic E-state index is 5.33. The van der Waals surface area contributed by atoms with Crippen molar-refractivity contribution in [1.29, 1.82) is 0 Å². The molecule has 1 aliphatic rings. The molecule has 0 radical (unpaired) electrons. The van der Waals surface area contributed by atoms with E-state index in [-0.39, 0.29) is 0 Å². The van der Waals surface area contributed by atoms with Gasteiger partial charge in [0, 0.05) is 30.5 Å². The van der Waals surface area contributed by atoms with Crippen LogP contribution >= 0.6 is 11.3 Å². The standard InChI is InChI=1S/C17H30N2OS/c1-12(2)18-10-15-14(11-20-5)19-16(21-15)13-6-8-17(3,4)9-7-13/h12-13,18H,6-11H2,1-5H3. The van der Waals surface area contributed by atoms with E-state index >= 15 is 0 Å². The second kappa shape index (κ2) is 7.21. The average molecular weight is 311 g/mol. The Bertz CT molecular complexity index is 444. The van der Waals surface area contributed by atoms with E-state index in [0.717, 1.165) is 12.2 Å². The van der Waals surface area contributed by atoms with Crippen LogP contribution < -0.4 is 5.32 Å². The van der Waals surface area contributed by atoms with E-state index in [2.05, 4.69) is 33.0 Å². The highest BCUT2D eigenvalue weighted by Gasteiger charge is 2.29. The fourth-order valence-corrected chi connectivity index (χ4v) is 4.10. The highest BCUT2D eigenvalue weighted by Crippen LogP contribution is 2.43. The van der Waals surface area contributed by atoms with Crippen molar-refractivity contribution in [2.45, 2.75) is 78.5 Å². The number of aromatic nitrogens is 1. The van der Waals surface area contributed by atoms with E-state index in [9.17, 15) is 0 Å². The van der Waals surface area contributed by atoms with Crippen molar-refractivity contribution >= 4 is 11.3 Å². The zero-order valence-corrected chi connectivity index (χ0v) is 15.0. The molecular weight excluding hydrogens is 280 g/mol. The third kappa shape index (κ3) is 4.76. The Morgan fingerprint density at radius 2 is 2.00 bits per heavy atom. The quantitative estimate of drug-likeness (QED) is 0.841. The average Bonchev–Trinajstić information content (AvgIpc) is 2.80. The van der Waals surface area contributed by atoms with Crippen LogP contribution in [-0.4, -0.2) is 18.1 Å². The predicted octanol–water partition coefficient (Wildman–Crippen LogP) is 4.47. The van der Waals surface area contributed by atoms with Crippen molar-refractivity contribution in [3.63, 3.8) is 0 Å². The van der Waals surface area contributed by atoms with Crippen molar-refractivity contribution in [3.8, 4) is 0 Å². The molecule has 1 fully saturated rings. The smallest absolute Gasteiger partial charge is 0.0963 e. The second-order valence-corrected chi connectivity index (χ2v) is 8.44. The first kappa shape index (κ1) is 16.9. The van der Waals surface area contributed by atoms with Crippen LogP contribution in [0.5, 0.6) is 0 Å². The van der Waals surface area contributed by atoms with Crippen LogP contribution in [0.25, 0.3) is 0 Å². The molecule has 1 saturated carbocycles. The first-order valence-corrected chi connectivity index (χ1v) is 8.94. The van der Waals surface area contributed by atoms with Crippen LogP contribution in [0.3, 0.4) is 0 Å². The first-order valence-electron chi connectivity index (χ1n) is 8.12. The van der Waals surface area contributed by atoms with Gasteiger partial charge in [-0.05, 0) is 31.1 Å². The molecule has 0 spiro atoms. The molecule has 0 aromatic carbocycles. The van der Waals surface area contributed by atoms with E-state index in [0.29, 0.717) is 24.0 Å². The zero-order valence-electron chi connectivity index (χ0n) is 14.2. The molecule has 0 bridgehead atoms. The van der Waals surface area contributed by atoms with Crippen LogP contribution in [0.1, 0.15) is 74.9 Å². The summed E-state index contributed by atoms with van der Waals surface area (Å²) in [5.41, 5.74) is 1.65. The van der Waals surface area contributed by atoms with Crippen molar-refractivity contribution in [3.05, 3.63) is 15.6 Å². The topological polar surface area (TPSA) is 34.1 Å². The van der Waals surface area contributed by atoms with E-state index in [1.807, 2.05) is 11.3 Å². The molecular formula is C17H30N2OS. The zero-order chi connectivity index (χ0) is 15.5. The largest absolute Gasteiger partial charge is 0.378 e. The molecule has 0 saturated heterocycles. The summed E-state index contributed by atoms with van der Waals surface area (Å²) in [6.45, 7) is 10.7. The molecule has 21 heavy (non-hydrogen) atoms. The Morgan fingerprint density at radius 1 is 1.33 bits per heavy atom. The maximum atomic E-state index is 5.33. The molecule has 0 amide bonds. The van der Waals surface area contributed by atoms with Gasteiger partial charge in [0.2, 0.25) is 0 Å². The molecule has 1 heterocycles. The molecule has 2 rings (SSSR count). The van der Waals surface area contributed by atoms with Crippen molar-refractivity contribution in [1.82, 2.24) is 10.3 Å². The maximum Gasteiger partial charge on any atom is 0.0963 e. The predicted molar refractivity (Wildman–Crippen MR) is 89.8 cm³/mol. The lowest BCUT2D eigenvalue weighted by Gasteiger charge is -2.33. The third-order valence-electron chi connectivity index (χ3n) is 4.44. The third-order valence-corrected chi connectivity index (χ3v) is 5.70. The molecule has 0 atom stereocenters. The van der Waals surface area contributed by atoms with Gasteiger partial charge in [0.25, 0.3) is 0 Å². The number of hydrogen-bond donors (Lipinski definition) is 1. The summed E-state index contributed by atoms with van der Waals surface area (Å²) < 4.78 is 5.33. The Hall–Kier alpha value is -0.450. The monoisotopic (exact) mass is 310 g/mol. The van der Waals surface area contributed by atoms with Crippen molar-refractivity contribution < 1.29 is 4.74 Å². The van der Waals surface area contributed by atoms with Gasteiger partial charge in [0.05, 0.1) is 17.3 Å². The van der Waals surface area contributed by atoms with Crippen molar-refractivity contribution in [2.75, 3.05) is 7.11 Å². The Kier molecular flexibility index (Phi) is 5.81. The van der Waals surface area contributed by atoms with Crippen LogP contribution in [0, 0.1) is 5.41 Å². The van der Waals surface area contributed by atoms with E-state index in [4.69, 9.17) is 9.72 Å². The summed E-state index contributed by atoms with van der Waals surface area (Å²) in [5, 5.41) is 4.84. The number of nitrogens with zero attached hydrogens (tertiary/aromatic N) is 1. The summed E-state index contributed by atoms with van der Waals surface area (Å²) >= 11 is 1.89. The van der Waals surface area contributed by atoms with Crippen LogP contribution in [0.15, 0.2) is 0 Å². The Morgan fingerprint density at radius 3 is 2.57 bits per heavy atom. The van der Waals surface area contributed by atoms with Gasteiger partial charge in [0.1, 0.15) is 0 Å². The number of rotatable bonds is 6. The number of nitrogens with one attached hydrogen (secondary N) is 1. The minimum Gasteiger partial charge on any atom is -0.378 e. The lowest BCUT2D eigenvalue weighted by atomic mass is 9.73. The van der Waals surface area contributed by atoms with Gasteiger partial charge in [-0.1, -0.05) is 27.7 Å². The van der Waals surface area contributed by atoms with E-state index < -0.39 is 0 Å². The Labute approximate surface area is 133 Å². The molecule has 0 unspecified atom stereocenters. The van der Waals surface area contributed by atoms with Crippen molar-refractivity contribution in [2.24, 2.45) is 5.41 Å². The molecule has 4 heteroatoms. The first-order chi connectivity index (χ1) is 9.91. The molecule has 3 nitrogen and oxygen atoms in total. The Balaban J connectivity index is 2.07. The van der Waals surface area contributed by atoms with Gasteiger partial charge in [-0.25, -0.2) is 4.98 Å². The highest BCUT2D eigenvalue weighted by atomic mass is 32.1. The van der Waals surface area contributed by atoms with Gasteiger partial charge in [-0.15, -0.1) is 11.3 Å². The van der Waals surface area contributed by atoms with Gasteiger partial charge < -0.3 is 10.1 Å². The number of thiazole rings is 1. The summed E-state index contributed by atoms with van der Waals surface area (Å²) in [4.78, 5) is 6.26. The normalized spacial score (nSPS) is 19.3. The summed E-state index contributed by atoms with van der Waals surface area (Å²) in [6, 6.07) is 0.501. The highest BCUT2D eigenvalue weighted by molar-refractivity contribution is 7.11. The fraction of sp³-hybridized carbons (Fsp3) is 0.824. The fourth-order valence-electron chi connectivity index (χ4n) is 2.91. The summed E-state index contributed by atoms with van der Waals surface area (Å²) in [6.07, 6.45) is 5.20. The van der Waals surface area contributed by atoms with Crippen LogP contribution in [-0.2, 0) is 17.9 Å². The lowest BCUT2D eigenvalue weighted by molar-refractivity contribution is 0.180. The molecule has 1 N–H and O–H groups in total. The SMILES string of the molecule is COCc1nc(C2CCC(C)(C)CC2)sc1CNC(C)C. The van der Waals surface area contributed by atoms with E-state index in [1.54, 1.807) is 7.11 Å². The molecule has 1 aromatic heterocycles.